The monoisotopic (exact) mass is 259 g/mol. The van der Waals surface area contributed by atoms with E-state index in [-0.39, 0.29) is 11.9 Å². The van der Waals surface area contributed by atoms with Crippen LogP contribution in [0.25, 0.3) is 0 Å². The average molecular weight is 260 g/mol. The van der Waals surface area contributed by atoms with Gasteiger partial charge in [0.15, 0.2) is 0 Å². The third-order valence-corrected chi connectivity index (χ3v) is 2.24. The van der Waals surface area contributed by atoms with E-state index >= 15 is 0 Å². The Morgan fingerprint density at radius 2 is 2.50 bits per heavy atom. The number of H-pyrrole nitrogens is 1. The average Bonchev–Trinajstić information content (AvgIpc) is 2.51. The molecule has 0 aliphatic carbocycles. The SMILES string of the molecule is CC(N)CCNC(=O)c1cc(Br)c[nH]1. The number of nitrogens with one attached hydrogen (secondary N) is 2. The molecular weight excluding hydrogens is 246 g/mol. The minimum Gasteiger partial charge on any atom is -0.356 e. The summed E-state index contributed by atoms with van der Waals surface area (Å²) >= 11 is 3.26. The molecule has 0 aliphatic rings. The molecule has 5 heteroatoms. The molecule has 14 heavy (non-hydrogen) atoms. The molecule has 0 bridgehead atoms. The van der Waals surface area contributed by atoms with Crippen molar-refractivity contribution in [1.82, 2.24) is 10.3 Å². The molecule has 0 spiro atoms. The van der Waals surface area contributed by atoms with Crippen molar-refractivity contribution in [1.29, 1.82) is 0 Å². The Balaban J connectivity index is 2.36. The van der Waals surface area contributed by atoms with Crippen molar-refractivity contribution in [3.63, 3.8) is 0 Å². The number of carbonyl (C=O) groups excluding carboxylic acids is 1. The van der Waals surface area contributed by atoms with Crippen molar-refractivity contribution in [2.24, 2.45) is 5.73 Å². The zero-order valence-corrected chi connectivity index (χ0v) is 9.60. The molecule has 1 atom stereocenters. The Morgan fingerprint density at radius 3 is 3.00 bits per heavy atom. The molecule has 0 aliphatic heterocycles. The highest BCUT2D eigenvalue weighted by molar-refractivity contribution is 9.10. The lowest BCUT2D eigenvalue weighted by molar-refractivity contribution is 0.0948. The molecule has 4 nitrogen and oxygen atoms in total. The van der Waals surface area contributed by atoms with Crippen LogP contribution in [-0.2, 0) is 0 Å². The number of hydrogen-bond acceptors (Lipinski definition) is 2. The number of rotatable bonds is 4. The maximum atomic E-state index is 11.4. The fourth-order valence-electron chi connectivity index (χ4n) is 1.01. The maximum Gasteiger partial charge on any atom is 0.267 e. The molecule has 1 unspecified atom stereocenters. The molecule has 0 radical (unpaired) electrons. The van der Waals surface area contributed by atoms with E-state index in [1.54, 1.807) is 12.3 Å². The Bertz CT molecular complexity index is 309. The van der Waals surface area contributed by atoms with E-state index in [2.05, 4.69) is 26.2 Å². The first-order valence-electron chi connectivity index (χ1n) is 4.47. The third-order valence-electron chi connectivity index (χ3n) is 1.78. The second-order valence-electron chi connectivity index (χ2n) is 3.25. The van der Waals surface area contributed by atoms with E-state index in [1.165, 1.54) is 0 Å². The molecule has 1 heterocycles. The molecule has 4 N–H and O–H groups in total. The van der Waals surface area contributed by atoms with Gasteiger partial charge in [0.1, 0.15) is 5.69 Å². The lowest BCUT2D eigenvalue weighted by atomic mass is 10.2. The topological polar surface area (TPSA) is 70.9 Å². The van der Waals surface area contributed by atoms with Gasteiger partial charge in [0.2, 0.25) is 0 Å². The summed E-state index contributed by atoms with van der Waals surface area (Å²) in [5, 5.41) is 2.77. The molecule has 0 saturated carbocycles. The first kappa shape index (κ1) is 11.3. The van der Waals surface area contributed by atoms with Crippen LogP contribution in [0.2, 0.25) is 0 Å². The molecule has 0 saturated heterocycles. The summed E-state index contributed by atoms with van der Waals surface area (Å²) in [5.41, 5.74) is 6.11. The quantitative estimate of drug-likeness (QED) is 0.762. The summed E-state index contributed by atoms with van der Waals surface area (Å²) in [5.74, 6) is -0.101. The number of nitrogens with two attached hydrogens (primary N) is 1. The van der Waals surface area contributed by atoms with Crippen molar-refractivity contribution >= 4 is 21.8 Å². The number of carbonyl (C=O) groups is 1. The number of aromatic nitrogens is 1. The van der Waals surface area contributed by atoms with Gasteiger partial charge in [0, 0.05) is 23.3 Å². The Hall–Kier alpha value is -0.810. The first-order valence-corrected chi connectivity index (χ1v) is 5.26. The first-order chi connectivity index (χ1) is 6.59. The highest BCUT2D eigenvalue weighted by Crippen LogP contribution is 2.10. The van der Waals surface area contributed by atoms with Gasteiger partial charge in [-0.1, -0.05) is 0 Å². The summed E-state index contributed by atoms with van der Waals surface area (Å²) in [6, 6.07) is 1.85. The molecular formula is C9H14BrN3O. The lowest BCUT2D eigenvalue weighted by Crippen LogP contribution is -2.29. The van der Waals surface area contributed by atoms with Crippen LogP contribution in [0.3, 0.4) is 0 Å². The fraction of sp³-hybridized carbons (Fsp3) is 0.444. The van der Waals surface area contributed by atoms with Crippen molar-refractivity contribution in [3.8, 4) is 0 Å². The van der Waals surface area contributed by atoms with Crippen molar-refractivity contribution < 1.29 is 4.79 Å². The fourth-order valence-corrected chi connectivity index (χ4v) is 1.35. The van der Waals surface area contributed by atoms with Crippen molar-refractivity contribution in [2.45, 2.75) is 19.4 Å². The minimum absolute atomic E-state index is 0.101. The molecule has 1 rings (SSSR count). The van der Waals surface area contributed by atoms with Crippen LogP contribution in [0.4, 0.5) is 0 Å². The largest absolute Gasteiger partial charge is 0.356 e. The van der Waals surface area contributed by atoms with Crippen LogP contribution in [0.15, 0.2) is 16.7 Å². The molecule has 1 aromatic heterocycles. The summed E-state index contributed by atoms with van der Waals surface area (Å²) in [6.07, 6.45) is 2.51. The van der Waals surface area contributed by atoms with Crippen LogP contribution in [-0.4, -0.2) is 23.5 Å². The van der Waals surface area contributed by atoms with Crippen LogP contribution in [0.1, 0.15) is 23.8 Å². The molecule has 78 valence electrons. The Kier molecular flexibility index (Phi) is 4.16. The number of amides is 1. The predicted octanol–water partition coefficient (Wildman–Crippen LogP) is 1.24. The highest BCUT2D eigenvalue weighted by Gasteiger charge is 2.06. The smallest absolute Gasteiger partial charge is 0.267 e. The molecule has 1 amide bonds. The van der Waals surface area contributed by atoms with Crippen LogP contribution in [0.5, 0.6) is 0 Å². The van der Waals surface area contributed by atoms with Gasteiger partial charge < -0.3 is 16.0 Å². The number of aromatic amines is 1. The van der Waals surface area contributed by atoms with Gasteiger partial charge in [-0.05, 0) is 35.3 Å². The number of halogens is 1. The zero-order valence-electron chi connectivity index (χ0n) is 8.01. The predicted molar refractivity (Wildman–Crippen MR) is 59.1 cm³/mol. The molecule has 0 aromatic carbocycles. The van der Waals surface area contributed by atoms with Gasteiger partial charge in [-0.25, -0.2) is 0 Å². The van der Waals surface area contributed by atoms with E-state index < -0.39 is 0 Å². The van der Waals surface area contributed by atoms with Gasteiger partial charge in [-0.3, -0.25) is 4.79 Å². The second-order valence-corrected chi connectivity index (χ2v) is 4.17. The van der Waals surface area contributed by atoms with Gasteiger partial charge in [0.05, 0.1) is 0 Å². The van der Waals surface area contributed by atoms with E-state index in [4.69, 9.17) is 5.73 Å². The molecule has 0 fully saturated rings. The summed E-state index contributed by atoms with van der Waals surface area (Å²) in [7, 11) is 0. The lowest BCUT2D eigenvalue weighted by Gasteiger charge is -2.05. The van der Waals surface area contributed by atoms with Crippen LogP contribution in [0, 0.1) is 0 Å². The summed E-state index contributed by atoms with van der Waals surface area (Å²) in [4.78, 5) is 14.3. The van der Waals surface area contributed by atoms with E-state index in [0.29, 0.717) is 12.2 Å². The zero-order chi connectivity index (χ0) is 10.6. The standard InChI is InChI=1S/C9H14BrN3O/c1-6(11)2-3-12-9(14)8-4-7(10)5-13-8/h4-6,13H,2-3,11H2,1H3,(H,12,14). The minimum atomic E-state index is -0.101. The molecule has 1 aromatic rings. The van der Waals surface area contributed by atoms with E-state index in [0.717, 1.165) is 10.9 Å². The number of hydrogen-bond donors (Lipinski definition) is 3. The van der Waals surface area contributed by atoms with Crippen LogP contribution >= 0.6 is 15.9 Å². The van der Waals surface area contributed by atoms with Gasteiger partial charge >= 0.3 is 0 Å². The highest BCUT2D eigenvalue weighted by atomic mass is 79.9. The van der Waals surface area contributed by atoms with E-state index in [1.807, 2.05) is 6.92 Å². The van der Waals surface area contributed by atoms with Gasteiger partial charge in [0.25, 0.3) is 5.91 Å². The normalized spacial score (nSPS) is 12.5. The van der Waals surface area contributed by atoms with Gasteiger partial charge in [-0.15, -0.1) is 0 Å². The third kappa shape index (κ3) is 3.51. The van der Waals surface area contributed by atoms with Crippen LogP contribution < -0.4 is 11.1 Å². The summed E-state index contributed by atoms with van der Waals surface area (Å²) < 4.78 is 0.870. The Morgan fingerprint density at radius 1 is 1.79 bits per heavy atom. The van der Waals surface area contributed by atoms with E-state index in [9.17, 15) is 4.79 Å². The summed E-state index contributed by atoms with van der Waals surface area (Å²) in [6.45, 7) is 2.52. The van der Waals surface area contributed by atoms with Crippen molar-refractivity contribution in [3.05, 3.63) is 22.4 Å². The van der Waals surface area contributed by atoms with Gasteiger partial charge in [-0.2, -0.15) is 0 Å². The maximum absolute atomic E-state index is 11.4. The Labute approximate surface area is 91.4 Å². The second kappa shape index (κ2) is 5.17. The van der Waals surface area contributed by atoms with Crippen molar-refractivity contribution in [2.75, 3.05) is 6.54 Å².